The Morgan fingerprint density at radius 2 is 1.96 bits per heavy atom. The van der Waals surface area contributed by atoms with Gasteiger partial charge in [-0.05, 0) is 31.0 Å². The molecule has 2 aromatic rings. The molecule has 1 saturated heterocycles. The van der Waals surface area contributed by atoms with Crippen LogP contribution in [0.3, 0.4) is 0 Å². The third kappa shape index (κ3) is 3.42. The van der Waals surface area contributed by atoms with Crippen LogP contribution in [0.15, 0.2) is 41.2 Å². The number of hydrogen-bond acceptors (Lipinski definition) is 4. The number of benzene rings is 1. The van der Waals surface area contributed by atoms with Crippen LogP contribution in [0, 0.1) is 11.7 Å². The highest BCUT2D eigenvalue weighted by Gasteiger charge is 2.29. The van der Waals surface area contributed by atoms with Crippen molar-refractivity contribution in [3.05, 3.63) is 58.3 Å². The number of carboxylic acid groups (broad SMARTS) is 1. The van der Waals surface area contributed by atoms with Crippen molar-refractivity contribution in [1.82, 2.24) is 14.7 Å². The van der Waals surface area contributed by atoms with Gasteiger partial charge in [-0.1, -0.05) is 12.1 Å². The molecule has 0 saturated carbocycles. The topological polar surface area (TPSA) is 92.5 Å². The number of carbonyl (C=O) groups excluding carboxylic acids is 1. The number of para-hydroxylation sites is 1. The molecule has 1 amide bonds. The summed E-state index contributed by atoms with van der Waals surface area (Å²) in [6, 6.07) is 8.04. The summed E-state index contributed by atoms with van der Waals surface area (Å²) in [5, 5.41) is 13.1. The van der Waals surface area contributed by atoms with Crippen LogP contribution in [0.4, 0.5) is 4.39 Å². The molecule has 0 aliphatic carbocycles. The molecule has 0 bridgehead atoms. The monoisotopic (exact) mass is 345 g/mol. The molecule has 25 heavy (non-hydrogen) atoms. The van der Waals surface area contributed by atoms with Crippen molar-refractivity contribution in [2.75, 3.05) is 13.1 Å². The molecule has 8 heteroatoms. The molecule has 3 rings (SSSR count). The van der Waals surface area contributed by atoms with Crippen LogP contribution in [0.1, 0.15) is 23.3 Å². The van der Waals surface area contributed by atoms with Crippen molar-refractivity contribution >= 4 is 11.9 Å². The Balaban J connectivity index is 1.92. The van der Waals surface area contributed by atoms with Gasteiger partial charge in [0, 0.05) is 19.2 Å². The van der Waals surface area contributed by atoms with E-state index in [0.29, 0.717) is 19.4 Å². The van der Waals surface area contributed by atoms with Gasteiger partial charge in [-0.2, -0.15) is 9.78 Å². The molecule has 1 aliphatic heterocycles. The van der Waals surface area contributed by atoms with E-state index in [9.17, 15) is 18.8 Å². The van der Waals surface area contributed by atoms with E-state index in [2.05, 4.69) is 5.10 Å². The fraction of sp³-hybridized carbons (Fsp3) is 0.294. The van der Waals surface area contributed by atoms with Crippen LogP contribution in [-0.4, -0.2) is 44.8 Å². The maximum atomic E-state index is 13.9. The van der Waals surface area contributed by atoms with E-state index in [-0.39, 0.29) is 17.9 Å². The van der Waals surface area contributed by atoms with Crippen molar-refractivity contribution in [3.63, 3.8) is 0 Å². The van der Waals surface area contributed by atoms with Crippen molar-refractivity contribution in [1.29, 1.82) is 0 Å². The van der Waals surface area contributed by atoms with Crippen LogP contribution in [0.5, 0.6) is 0 Å². The first-order valence-corrected chi connectivity index (χ1v) is 7.85. The summed E-state index contributed by atoms with van der Waals surface area (Å²) in [6.07, 6.45) is 1.09. The summed E-state index contributed by atoms with van der Waals surface area (Å²) in [6.45, 7) is 0.512. The first-order chi connectivity index (χ1) is 12.0. The van der Waals surface area contributed by atoms with Crippen molar-refractivity contribution in [2.45, 2.75) is 12.8 Å². The highest BCUT2D eigenvalue weighted by molar-refractivity contribution is 5.92. The Labute approximate surface area is 142 Å². The van der Waals surface area contributed by atoms with E-state index >= 15 is 0 Å². The maximum Gasteiger partial charge on any atom is 0.308 e. The van der Waals surface area contributed by atoms with Gasteiger partial charge in [0.05, 0.1) is 5.92 Å². The molecule has 1 fully saturated rings. The Kier molecular flexibility index (Phi) is 4.60. The maximum absolute atomic E-state index is 13.9. The van der Waals surface area contributed by atoms with Crippen molar-refractivity contribution < 1.29 is 19.1 Å². The zero-order chi connectivity index (χ0) is 18.0. The standard InChI is InChI=1S/C17H16FN3O4/c18-12-5-1-2-6-14(12)21-15(22)8-7-13(19-21)16(23)20-9-3-4-11(10-20)17(24)25/h1-2,5-8,11H,3-4,9-10H2,(H,24,25)/t11-/m0/s1. The molecule has 0 spiro atoms. The van der Waals surface area contributed by atoms with Gasteiger partial charge in [0.25, 0.3) is 11.5 Å². The Hall–Kier alpha value is -3.03. The average molecular weight is 345 g/mol. The Bertz CT molecular complexity index is 880. The van der Waals surface area contributed by atoms with Gasteiger partial charge in [0.1, 0.15) is 17.2 Å². The molecule has 1 atom stereocenters. The number of amides is 1. The lowest BCUT2D eigenvalue weighted by Gasteiger charge is -2.30. The molecular formula is C17H16FN3O4. The minimum Gasteiger partial charge on any atom is -0.481 e. The van der Waals surface area contributed by atoms with E-state index in [0.717, 1.165) is 10.7 Å². The zero-order valence-electron chi connectivity index (χ0n) is 13.3. The van der Waals surface area contributed by atoms with Gasteiger partial charge in [0.15, 0.2) is 0 Å². The summed E-state index contributed by atoms with van der Waals surface area (Å²) >= 11 is 0. The smallest absolute Gasteiger partial charge is 0.308 e. The number of carboxylic acids is 1. The highest BCUT2D eigenvalue weighted by Crippen LogP contribution is 2.18. The van der Waals surface area contributed by atoms with Crippen LogP contribution in [0.2, 0.25) is 0 Å². The van der Waals surface area contributed by atoms with Gasteiger partial charge in [-0.25, -0.2) is 4.39 Å². The molecule has 1 N–H and O–H groups in total. The largest absolute Gasteiger partial charge is 0.481 e. The number of aliphatic carboxylic acids is 1. The molecule has 1 aromatic heterocycles. The second-order valence-corrected chi connectivity index (χ2v) is 5.85. The van der Waals surface area contributed by atoms with Crippen LogP contribution in [-0.2, 0) is 4.79 Å². The minimum absolute atomic E-state index is 0.0334. The van der Waals surface area contributed by atoms with E-state index in [1.54, 1.807) is 6.07 Å². The summed E-state index contributed by atoms with van der Waals surface area (Å²) in [7, 11) is 0. The van der Waals surface area contributed by atoms with Crippen LogP contribution >= 0.6 is 0 Å². The Morgan fingerprint density at radius 3 is 2.68 bits per heavy atom. The summed E-state index contributed by atoms with van der Waals surface area (Å²) in [5.74, 6) is -2.67. The number of carbonyl (C=O) groups is 2. The molecular weight excluding hydrogens is 329 g/mol. The van der Waals surface area contributed by atoms with E-state index < -0.39 is 29.2 Å². The van der Waals surface area contributed by atoms with Crippen LogP contribution < -0.4 is 5.56 Å². The summed E-state index contributed by atoms with van der Waals surface area (Å²) in [5.41, 5.74) is -0.651. The predicted molar refractivity (Wildman–Crippen MR) is 86.1 cm³/mol. The number of piperidine rings is 1. The number of halogens is 1. The summed E-state index contributed by atoms with van der Waals surface area (Å²) < 4.78 is 14.8. The molecule has 2 heterocycles. The normalized spacial score (nSPS) is 17.3. The first-order valence-electron chi connectivity index (χ1n) is 7.85. The lowest BCUT2D eigenvalue weighted by molar-refractivity contribution is -0.143. The molecule has 1 aliphatic rings. The lowest BCUT2D eigenvalue weighted by atomic mass is 9.98. The third-order valence-corrected chi connectivity index (χ3v) is 4.16. The van der Waals surface area contributed by atoms with Gasteiger partial charge in [-0.3, -0.25) is 14.4 Å². The fourth-order valence-corrected chi connectivity index (χ4v) is 2.85. The fourth-order valence-electron chi connectivity index (χ4n) is 2.85. The number of aromatic nitrogens is 2. The number of likely N-dealkylation sites (tertiary alicyclic amines) is 1. The number of nitrogens with zero attached hydrogens (tertiary/aromatic N) is 3. The third-order valence-electron chi connectivity index (χ3n) is 4.16. The average Bonchev–Trinajstić information content (AvgIpc) is 2.62. The number of rotatable bonds is 3. The number of hydrogen-bond donors (Lipinski definition) is 1. The lowest BCUT2D eigenvalue weighted by Crippen LogP contribution is -2.43. The second-order valence-electron chi connectivity index (χ2n) is 5.85. The molecule has 0 radical (unpaired) electrons. The van der Waals surface area contributed by atoms with Gasteiger partial charge >= 0.3 is 5.97 Å². The second kappa shape index (κ2) is 6.84. The van der Waals surface area contributed by atoms with E-state index in [1.807, 2.05) is 0 Å². The van der Waals surface area contributed by atoms with Gasteiger partial charge in [0.2, 0.25) is 0 Å². The summed E-state index contributed by atoms with van der Waals surface area (Å²) in [4.78, 5) is 37.1. The first kappa shape index (κ1) is 16.8. The van der Waals surface area contributed by atoms with Crippen molar-refractivity contribution in [3.8, 4) is 5.69 Å². The van der Waals surface area contributed by atoms with E-state index in [1.165, 1.54) is 29.2 Å². The van der Waals surface area contributed by atoms with Crippen LogP contribution in [0.25, 0.3) is 5.69 Å². The van der Waals surface area contributed by atoms with Crippen molar-refractivity contribution in [2.24, 2.45) is 5.92 Å². The van der Waals surface area contributed by atoms with E-state index in [4.69, 9.17) is 5.11 Å². The molecule has 1 aromatic carbocycles. The quantitative estimate of drug-likeness (QED) is 0.905. The predicted octanol–water partition coefficient (Wildman–Crippen LogP) is 1.31. The molecule has 0 unspecified atom stereocenters. The molecule has 130 valence electrons. The zero-order valence-corrected chi connectivity index (χ0v) is 13.3. The molecule has 7 nitrogen and oxygen atoms in total. The Morgan fingerprint density at radius 1 is 1.20 bits per heavy atom. The van der Waals surface area contributed by atoms with Gasteiger partial charge < -0.3 is 10.0 Å². The van der Waals surface area contributed by atoms with Gasteiger partial charge in [-0.15, -0.1) is 0 Å². The minimum atomic E-state index is -0.943. The SMILES string of the molecule is O=C(O)[C@H]1CCCN(C(=O)c2ccc(=O)n(-c3ccccc3F)n2)C1. The highest BCUT2D eigenvalue weighted by atomic mass is 19.1.